The van der Waals surface area contributed by atoms with Crippen molar-refractivity contribution < 1.29 is 4.74 Å². The maximum atomic E-state index is 11.2. The van der Waals surface area contributed by atoms with Crippen molar-refractivity contribution in [2.24, 2.45) is 0 Å². The molecule has 2 heterocycles. The zero-order chi connectivity index (χ0) is 10.7. The van der Waals surface area contributed by atoms with Crippen molar-refractivity contribution in [2.75, 3.05) is 18.5 Å². The minimum absolute atomic E-state index is 0.100. The number of aromatic amines is 1. The van der Waals surface area contributed by atoms with Crippen molar-refractivity contribution in [1.29, 1.82) is 0 Å². The van der Waals surface area contributed by atoms with E-state index in [1.54, 1.807) is 0 Å². The highest BCUT2D eigenvalue weighted by atomic mass is 35.5. The number of hydrogen-bond acceptors (Lipinski definition) is 4. The fourth-order valence-corrected chi connectivity index (χ4v) is 1.69. The molecule has 0 aliphatic carbocycles. The molecule has 1 aliphatic rings. The number of aromatic nitrogens is 2. The SMILES string of the molecule is O=c1[nH]cnc(NC2CCCOC2)c1Cl. The summed E-state index contributed by atoms with van der Waals surface area (Å²) < 4.78 is 5.31. The standard InChI is InChI=1S/C9H12ClN3O2/c10-7-8(11-5-12-9(7)14)13-6-2-1-3-15-4-6/h5-6H,1-4H2,(H2,11,12,13,14). The Bertz CT molecular complexity index is 387. The largest absolute Gasteiger partial charge is 0.379 e. The molecule has 1 aliphatic heterocycles. The van der Waals surface area contributed by atoms with Crippen LogP contribution in [-0.2, 0) is 4.74 Å². The lowest BCUT2D eigenvalue weighted by molar-refractivity contribution is 0.0875. The highest BCUT2D eigenvalue weighted by Gasteiger charge is 2.16. The molecule has 1 aromatic rings. The van der Waals surface area contributed by atoms with Crippen LogP contribution in [0.5, 0.6) is 0 Å². The number of anilines is 1. The van der Waals surface area contributed by atoms with E-state index in [2.05, 4.69) is 15.3 Å². The molecule has 0 aromatic carbocycles. The predicted octanol–water partition coefficient (Wildman–Crippen LogP) is 1.01. The van der Waals surface area contributed by atoms with Gasteiger partial charge in [0.2, 0.25) is 0 Å². The van der Waals surface area contributed by atoms with Crippen LogP contribution >= 0.6 is 11.6 Å². The number of nitrogens with zero attached hydrogens (tertiary/aromatic N) is 1. The third-order valence-electron chi connectivity index (χ3n) is 2.30. The first-order chi connectivity index (χ1) is 7.27. The number of rotatable bonds is 2. The summed E-state index contributed by atoms with van der Waals surface area (Å²) >= 11 is 5.80. The van der Waals surface area contributed by atoms with E-state index in [4.69, 9.17) is 16.3 Å². The van der Waals surface area contributed by atoms with Gasteiger partial charge < -0.3 is 15.0 Å². The first-order valence-electron chi connectivity index (χ1n) is 4.85. The predicted molar refractivity (Wildman–Crippen MR) is 57.3 cm³/mol. The Balaban J connectivity index is 2.09. The van der Waals surface area contributed by atoms with Crippen LogP contribution in [-0.4, -0.2) is 29.2 Å². The molecule has 2 N–H and O–H groups in total. The van der Waals surface area contributed by atoms with E-state index in [-0.39, 0.29) is 16.6 Å². The Morgan fingerprint density at radius 3 is 3.27 bits per heavy atom. The summed E-state index contributed by atoms with van der Waals surface area (Å²) in [5.41, 5.74) is -0.328. The Morgan fingerprint density at radius 2 is 2.53 bits per heavy atom. The zero-order valence-corrected chi connectivity index (χ0v) is 8.88. The highest BCUT2D eigenvalue weighted by molar-refractivity contribution is 6.32. The molecule has 0 amide bonds. The van der Waals surface area contributed by atoms with Gasteiger partial charge in [-0.15, -0.1) is 0 Å². The van der Waals surface area contributed by atoms with Crippen LogP contribution in [0.2, 0.25) is 5.02 Å². The molecule has 82 valence electrons. The lowest BCUT2D eigenvalue weighted by Gasteiger charge is -2.23. The summed E-state index contributed by atoms with van der Waals surface area (Å²) in [6, 6.07) is 0.186. The summed E-state index contributed by atoms with van der Waals surface area (Å²) in [4.78, 5) is 17.6. The monoisotopic (exact) mass is 229 g/mol. The van der Waals surface area contributed by atoms with Gasteiger partial charge in [-0.2, -0.15) is 0 Å². The molecule has 5 nitrogen and oxygen atoms in total. The van der Waals surface area contributed by atoms with Crippen LogP contribution < -0.4 is 10.9 Å². The molecule has 1 unspecified atom stereocenters. The van der Waals surface area contributed by atoms with Crippen LogP contribution in [0.25, 0.3) is 0 Å². The van der Waals surface area contributed by atoms with E-state index in [1.807, 2.05) is 0 Å². The molecular weight excluding hydrogens is 218 g/mol. The molecule has 0 bridgehead atoms. The lowest BCUT2D eigenvalue weighted by atomic mass is 10.1. The number of halogens is 1. The Morgan fingerprint density at radius 1 is 1.67 bits per heavy atom. The van der Waals surface area contributed by atoms with Gasteiger partial charge in [0, 0.05) is 6.61 Å². The minimum Gasteiger partial charge on any atom is -0.379 e. The van der Waals surface area contributed by atoms with E-state index in [0.717, 1.165) is 19.4 Å². The molecule has 1 fully saturated rings. The second-order valence-corrected chi connectivity index (χ2v) is 3.83. The van der Waals surface area contributed by atoms with Gasteiger partial charge in [-0.25, -0.2) is 4.98 Å². The van der Waals surface area contributed by atoms with E-state index in [9.17, 15) is 4.79 Å². The quantitative estimate of drug-likeness (QED) is 0.795. The molecule has 0 saturated carbocycles. The van der Waals surface area contributed by atoms with Crippen molar-refractivity contribution in [3.05, 3.63) is 21.7 Å². The third kappa shape index (κ3) is 2.49. The van der Waals surface area contributed by atoms with Crippen molar-refractivity contribution in [3.63, 3.8) is 0 Å². The first-order valence-corrected chi connectivity index (χ1v) is 5.22. The number of nitrogens with one attached hydrogen (secondary N) is 2. The average molecular weight is 230 g/mol. The van der Waals surface area contributed by atoms with Gasteiger partial charge in [0.15, 0.2) is 5.82 Å². The second-order valence-electron chi connectivity index (χ2n) is 3.45. The van der Waals surface area contributed by atoms with E-state index >= 15 is 0 Å². The van der Waals surface area contributed by atoms with Gasteiger partial charge in [-0.05, 0) is 12.8 Å². The van der Waals surface area contributed by atoms with Crippen molar-refractivity contribution in [1.82, 2.24) is 9.97 Å². The second kappa shape index (κ2) is 4.63. The maximum absolute atomic E-state index is 11.2. The third-order valence-corrected chi connectivity index (χ3v) is 2.65. The molecule has 1 aromatic heterocycles. The Kier molecular flexibility index (Phi) is 3.23. The van der Waals surface area contributed by atoms with Crippen LogP contribution in [0.3, 0.4) is 0 Å². The fourth-order valence-electron chi connectivity index (χ4n) is 1.53. The topological polar surface area (TPSA) is 67.0 Å². The molecule has 0 spiro atoms. The summed E-state index contributed by atoms with van der Waals surface area (Å²) in [5, 5.41) is 3.20. The van der Waals surface area contributed by atoms with Crippen LogP contribution in [0.15, 0.2) is 11.1 Å². The molecule has 1 saturated heterocycles. The maximum Gasteiger partial charge on any atom is 0.271 e. The lowest BCUT2D eigenvalue weighted by Crippen LogP contribution is -2.31. The fraction of sp³-hybridized carbons (Fsp3) is 0.556. The molecule has 6 heteroatoms. The Labute approximate surface area is 91.8 Å². The van der Waals surface area contributed by atoms with Gasteiger partial charge in [0.1, 0.15) is 5.02 Å². The van der Waals surface area contributed by atoms with Gasteiger partial charge in [-0.1, -0.05) is 11.6 Å². The van der Waals surface area contributed by atoms with E-state index in [0.29, 0.717) is 12.4 Å². The van der Waals surface area contributed by atoms with Gasteiger partial charge >= 0.3 is 0 Å². The minimum atomic E-state index is -0.328. The van der Waals surface area contributed by atoms with Gasteiger partial charge in [0.05, 0.1) is 19.0 Å². The zero-order valence-electron chi connectivity index (χ0n) is 8.12. The van der Waals surface area contributed by atoms with Crippen molar-refractivity contribution >= 4 is 17.4 Å². The highest BCUT2D eigenvalue weighted by Crippen LogP contribution is 2.16. The number of hydrogen-bond donors (Lipinski definition) is 2. The molecule has 2 rings (SSSR count). The van der Waals surface area contributed by atoms with Crippen molar-refractivity contribution in [2.45, 2.75) is 18.9 Å². The molecule has 15 heavy (non-hydrogen) atoms. The Hall–Kier alpha value is -1.07. The summed E-state index contributed by atoms with van der Waals surface area (Å²) in [6.45, 7) is 1.43. The smallest absolute Gasteiger partial charge is 0.271 e. The van der Waals surface area contributed by atoms with E-state index in [1.165, 1.54) is 6.33 Å². The van der Waals surface area contributed by atoms with Crippen LogP contribution in [0.1, 0.15) is 12.8 Å². The molecule has 1 atom stereocenters. The normalized spacial score (nSPS) is 21.3. The number of H-pyrrole nitrogens is 1. The van der Waals surface area contributed by atoms with Gasteiger partial charge in [0.25, 0.3) is 5.56 Å². The summed E-state index contributed by atoms with van der Waals surface area (Å²) in [7, 11) is 0. The number of ether oxygens (including phenoxy) is 1. The van der Waals surface area contributed by atoms with Crippen molar-refractivity contribution in [3.8, 4) is 0 Å². The summed E-state index contributed by atoms with van der Waals surface area (Å²) in [6.07, 6.45) is 3.35. The average Bonchev–Trinajstić information content (AvgIpc) is 2.26. The van der Waals surface area contributed by atoms with E-state index < -0.39 is 0 Å². The molecular formula is C9H12ClN3O2. The van der Waals surface area contributed by atoms with Crippen LogP contribution in [0, 0.1) is 0 Å². The summed E-state index contributed by atoms with van der Waals surface area (Å²) in [5.74, 6) is 0.427. The first kappa shape index (κ1) is 10.4. The molecule has 0 radical (unpaired) electrons. The van der Waals surface area contributed by atoms with Crippen LogP contribution in [0.4, 0.5) is 5.82 Å². The van der Waals surface area contributed by atoms with Gasteiger partial charge in [-0.3, -0.25) is 4.79 Å².